The third-order valence-electron chi connectivity index (χ3n) is 5.89. The second-order valence-corrected chi connectivity index (χ2v) is 8.69. The van der Waals surface area contributed by atoms with Crippen molar-refractivity contribution in [1.29, 1.82) is 0 Å². The molecule has 1 aliphatic heterocycles. The monoisotopic (exact) mass is 470 g/mol. The van der Waals surface area contributed by atoms with Crippen LogP contribution in [0.2, 0.25) is 0 Å². The first-order chi connectivity index (χ1) is 16.5. The van der Waals surface area contributed by atoms with Gasteiger partial charge in [0, 0.05) is 17.8 Å². The number of aryl methyl sites for hydroxylation is 1. The highest BCUT2D eigenvalue weighted by Gasteiger charge is 2.34. The zero-order valence-electron chi connectivity index (χ0n) is 18.8. The van der Waals surface area contributed by atoms with E-state index in [-0.39, 0.29) is 5.82 Å². The summed E-state index contributed by atoms with van der Waals surface area (Å²) in [6, 6.07) is 24.1. The third kappa shape index (κ3) is 4.34. The van der Waals surface area contributed by atoms with Gasteiger partial charge in [-0.25, -0.2) is 4.39 Å². The molecule has 0 fully saturated rings. The molecule has 1 N–H and O–H groups in total. The number of rotatable bonds is 5. The molecule has 0 aliphatic carbocycles. The van der Waals surface area contributed by atoms with Gasteiger partial charge in [0.15, 0.2) is 5.11 Å². The quantitative estimate of drug-likeness (QED) is 0.359. The summed E-state index contributed by atoms with van der Waals surface area (Å²) in [7, 11) is 0. The van der Waals surface area contributed by atoms with Gasteiger partial charge in [0.2, 0.25) is 5.82 Å². The molecular weight excluding hydrogens is 447 g/mol. The van der Waals surface area contributed by atoms with Crippen molar-refractivity contribution >= 4 is 22.9 Å². The SMILES string of the molecule is CC1=C(c2nc(-c3cccc(C)c3)no2)C(c2cccc(F)c2)NC(=S)N1Cc1ccccc1. The van der Waals surface area contributed by atoms with E-state index in [9.17, 15) is 4.39 Å². The van der Waals surface area contributed by atoms with Crippen LogP contribution in [0.5, 0.6) is 0 Å². The first-order valence-electron chi connectivity index (χ1n) is 11.0. The summed E-state index contributed by atoms with van der Waals surface area (Å²) in [5.74, 6) is 0.552. The van der Waals surface area contributed by atoms with Crippen molar-refractivity contribution in [1.82, 2.24) is 20.4 Å². The van der Waals surface area contributed by atoms with Crippen molar-refractivity contribution < 1.29 is 8.91 Å². The number of aromatic nitrogens is 2. The van der Waals surface area contributed by atoms with Gasteiger partial charge in [-0.2, -0.15) is 4.98 Å². The second kappa shape index (κ2) is 9.19. The van der Waals surface area contributed by atoms with E-state index in [1.807, 2.05) is 67.3 Å². The smallest absolute Gasteiger partial charge is 0.258 e. The van der Waals surface area contributed by atoms with Crippen LogP contribution in [0.3, 0.4) is 0 Å². The number of hydrogen-bond donors (Lipinski definition) is 1. The van der Waals surface area contributed by atoms with Crippen LogP contribution in [-0.4, -0.2) is 20.2 Å². The summed E-state index contributed by atoms with van der Waals surface area (Å²) in [6.45, 7) is 4.58. The van der Waals surface area contributed by atoms with E-state index in [0.29, 0.717) is 23.4 Å². The summed E-state index contributed by atoms with van der Waals surface area (Å²) < 4.78 is 19.9. The average Bonchev–Trinajstić information content (AvgIpc) is 3.32. The topological polar surface area (TPSA) is 54.2 Å². The lowest BCUT2D eigenvalue weighted by Crippen LogP contribution is -2.45. The summed E-state index contributed by atoms with van der Waals surface area (Å²) in [6.07, 6.45) is 0. The molecule has 7 heteroatoms. The Morgan fingerprint density at radius 1 is 1.00 bits per heavy atom. The van der Waals surface area contributed by atoms with Crippen LogP contribution in [0.25, 0.3) is 17.0 Å². The van der Waals surface area contributed by atoms with Crippen molar-refractivity contribution in [3.63, 3.8) is 0 Å². The van der Waals surface area contributed by atoms with E-state index in [1.165, 1.54) is 12.1 Å². The molecule has 0 spiro atoms. The average molecular weight is 471 g/mol. The van der Waals surface area contributed by atoms with Crippen molar-refractivity contribution in [2.24, 2.45) is 0 Å². The maximum absolute atomic E-state index is 14.1. The van der Waals surface area contributed by atoms with Gasteiger partial charge in [-0.1, -0.05) is 71.4 Å². The van der Waals surface area contributed by atoms with E-state index in [4.69, 9.17) is 21.7 Å². The molecule has 0 amide bonds. The largest absolute Gasteiger partial charge is 0.351 e. The lowest BCUT2D eigenvalue weighted by atomic mass is 9.94. The van der Waals surface area contributed by atoms with Crippen LogP contribution in [-0.2, 0) is 6.54 Å². The van der Waals surface area contributed by atoms with E-state index in [1.54, 1.807) is 6.07 Å². The number of nitrogens with one attached hydrogen (secondary N) is 1. The van der Waals surface area contributed by atoms with Crippen LogP contribution in [0, 0.1) is 12.7 Å². The Morgan fingerprint density at radius 3 is 2.56 bits per heavy atom. The highest BCUT2D eigenvalue weighted by Crippen LogP contribution is 2.38. The summed E-state index contributed by atoms with van der Waals surface area (Å²) in [5, 5.41) is 8.16. The van der Waals surface area contributed by atoms with Gasteiger partial charge >= 0.3 is 0 Å². The Hall–Kier alpha value is -3.84. The molecule has 5 nitrogen and oxygen atoms in total. The van der Waals surface area contributed by atoms with Gasteiger partial charge in [-0.15, -0.1) is 0 Å². The summed E-state index contributed by atoms with van der Waals surface area (Å²) >= 11 is 5.73. The lowest BCUT2D eigenvalue weighted by Gasteiger charge is -2.37. The van der Waals surface area contributed by atoms with Gasteiger partial charge in [-0.3, -0.25) is 0 Å². The molecule has 0 bridgehead atoms. The molecule has 5 rings (SSSR count). The van der Waals surface area contributed by atoms with Crippen molar-refractivity contribution in [3.05, 3.63) is 113 Å². The maximum Gasteiger partial charge on any atom is 0.258 e. The predicted octanol–water partition coefficient (Wildman–Crippen LogP) is 6.05. The van der Waals surface area contributed by atoms with Crippen molar-refractivity contribution in [3.8, 4) is 11.4 Å². The first kappa shape index (κ1) is 22.0. The molecule has 1 aromatic heterocycles. The molecule has 0 saturated heterocycles. The van der Waals surface area contributed by atoms with Crippen molar-refractivity contribution in [2.45, 2.75) is 26.4 Å². The van der Waals surface area contributed by atoms with Gasteiger partial charge in [0.25, 0.3) is 5.89 Å². The summed E-state index contributed by atoms with van der Waals surface area (Å²) in [4.78, 5) is 6.73. The highest BCUT2D eigenvalue weighted by molar-refractivity contribution is 7.80. The van der Waals surface area contributed by atoms with E-state index < -0.39 is 6.04 Å². The number of allylic oxidation sites excluding steroid dienone is 1. The zero-order chi connectivity index (χ0) is 23.7. The molecule has 2 heterocycles. The molecule has 4 aromatic rings. The predicted molar refractivity (Wildman–Crippen MR) is 134 cm³/mol. The molecule has 1 atom stereocenters. The Bertz CT molecular complexity index is 1380. The minimum Gasteiger partial charge on any atom is -0.351 e. The van der Waals surface area contributed by atoms with Crippen LogP contribution in [0.15, 0.2) is 89.1 Å². The third-order valence-corrected chi connectivity index (χ3v) is 6.23. The van der Waals surface area contributed by atoms with Gasteiger partial charge in [0.1, 0.15) is 5.82 Å². The normalized spacial score (nSPS) is 16.0. The second-order valence-electron chi connectivity index (χ2n) is 8.30. The molecule has 0 radical (unpaired) electrons. The van der Waals surface area contributed by atoms with Crippen LogP contribution >= 0.6 is 12.2 Å². The Balaban J connectivity index is 1.61. The van der Waals surface area contributed by atoms with Crippen LogP contribution in [0.1, 0.15) is 35.5 Å². The number of hydrogen-bond acceptors (Lipinski definition) is 4. The molecule has 3 aromatic carbocycles. The van der Waals surface area contributed by atoms with E-state index in [0.717, 1.165) is 33.5 Å². The Morgan fingerprint density at radius 2 is 1.79 bits per heavy atom. The van der Waals surface area contributed by atoms with E-state index in [2.05, 4.69) is 22.6 Å². The lowest BCUT2D eigenvalue weighted by molar-refractivity contribution is 0.396. The number of nitrogens with zero attached hydrogens (tertiary/aromatic N) is 3. The maximum atomic E-state index is 14.1. The van der Waals surface area contributed by atoms with Crippen LogP contribution < -0.4 is 5.32 Å². The van der Waals surface area contributed by atoms with E-state index >= 15 is 0 Å². The molecular formula is C27H23FN4OS. The zero-order valence-corrected chi connectivity index (χ0v) is 19.6. The fraction of sp³-hybridized carbons (Fsp3) is 0.148. The number of halogens is 1. The Labute approximate surface area is 202 Å². The molecule has 1 unspecified atom stereocenters. The minimum atomic E-state index is -0.430. The first-order valence-corrected chi connectivity index (χ1v) is 11.4. The van der Waals surface area contributed by atoms with Gasteiger partial charge in [-0.05, 0) is 55.4 Å². The Kier molecular flexibility index (Phi) is 5.94. The standard InChI is InChI=1S/C27H23FN4OS/c1-17-8-6-12-21(14-17)25-30-26(33-31-25)23-18(2)32(16-19-9-4-3-5-10-19)27(34)29-24(23)20-11-7-13-22(28)15-20/h3-15,24H,16H2,1-2H3,(H,29,34). The van der Waals surface area contributed by atoms with Crippen LogP contribution in [0.4, 0.5) is 4.39 Å². The van der Waals surface area contributed by atoms with Gasteiger partial charge < -0.3 is 14.7 Å². The fourth-order valence-corrected chi connectivity index (χ4v) is 4.50. The molecule has 1 aliphatic rings. The van der Waals surface area contributed by atoms with Gasteiger partial charge in [0.05, 0.1) is 11.6 Å². The van der Waals surface area contributed by atoms with Crippen molar-refractivity contribution in [2.75, 3.05) is 0 Å². The summed E-state index contributed by atoms with van der Waals surface area (Å²) in [5.41, 5.74) is 5.46. The molecule has 170 valence electrons. The number of benzene rings is 3. The molecule has 34 heavy (non-hydrogen) atoms. The minimum absolute atomic E-state index is 0.320. The number of thiocarbonyl (C=S) groups is 1. The highest BCUT2D eigenvalue weighted by atomic mass is 32.1. The fourth-order valence-electron chi connectivity index (χ4n) is 4.19. The molecule has 0 saturated carbocycles.